The highest BCUT2D eigenvalue weighted by Gasteiger charge is 2.48. The number of hydrogen-bond acceptors (Lipinski definition) is 7. The summed E-state index contributed by atoms with van der Waals surface area (Å²) in [5, 5.41) is 26.3. The molecule has 0 bridgehead atoms. The molecule has 1 aromatic rings. The molecule has 0 spiro atoms. The molecule has 4 amide bonds. The van der Waals surface area contributed by atoms with Gasteiger partial charge in [0.1, 0.15) is 5.71 Å². The first-order valence-electron chi connectivity index (χ1n) is 16.4. The summed E-state index contributed by atoms with van der Waals surface area (Å²) in [5.74, 6) is -1.50. The van der Waals surface area contributed by atoms with Gasteiger partial charge in [0.25, 0.3) is 5.91 Å². The van der Waals surface area contributed by atoms with Crippen LogP contribution in [0.3, 0.4) is 0 Å². The zero-order valence-electron chi connectivity index (χ0n) is 26.8. The van der Waals surface area contributed by atoms with Crippen LogP contribution in [0.2, 0.25) is 0 Å². The fraction of sp³-hybridized carbons (Fsp3) is 0.719. The average molecular weight is 628 g/mol. The van der Waals surface area contributed by atoms with Crippen molar-refractivity contribution >= 4 is 41.1 Å². The zero-order chi connectivity index (χ0) is 32.6. The number of rotatable bonds is 14. The zero-order valence-corrected chi connectivity index (χ0v) is 26.8. The number of urea groups is 1. The SMILES string of the molecule is CCC(=O)NC(CC1(C)CCCC1)C(=O)CC1(C(=NNC(=O)NCC2CCC(C(=O)O)CC2)C(=O)Nc2ccn(C)n2)CCC1. The van der Waals surface area contributed by atoms with Crippen molar-refractivity contribution in [1.29, 1.82) is 0 Å². The summed E-state index contributed by atoms with van der Waals surface area (Å²) in [6, 6.07) is 0.401. The van der Waals surface area contributed by atoms with Gasteiger partial charge in [-0.3, -0.25) is 23.9 Å². The maximum atomic E-state index is 13.9. The van der Waals surface area contributed by atoms with Crippen molar-refractivity contribution in [2.24, 2.45) is 34.8 Å². The number of nitrogens with one attached hydrogen (secondary N) is 4. The Morgan fingerprint density at radius 1 is 1.07 bits per heavy atom. The van der Waals surface area contributed by atoms with Gasteiger partial charge in [0.2, 0.25) is 5.91 Å². The standard InChI is InChI=1S/C32H49N7O6/c1-4-26(41)34-23(18-31(2)13-5-6-14-31)24(40)19-32(15-7-16-32)27(28(42)35-25-12-17-39(3)38-25)36-37-30(45)33-20-21-8-10-22(11-9-21)29(43)44/h12,17,21-23H,4-11,13-16,18-20H2,1-3H3,(H,34,41)(H,43,44)(H2,33,37,45)(H,35,38,42). The second-order valence-electron chi connectivity index (χ2n) is 13.6. The van der Waals surface area contributed by atoms with Crippen LogP contribution in [0.25, 0.3) is 0 Å². The molecular formula is C32H49N7O6. The van der Waals surface area contributed by atoms with Crippen LogP contribution in [0, 0.1) is 22.7 Å². The Morgan fingerprint density at radius 3 is 2.31 bits per heavy atom. The van der Waals surface area contributed by atoms with Crippen molar-refractivity contribution in [3.05, 3.63) is 12.3 Å². The Morgan fingerprint density at radius 2 is 1.76 bits per heavy atom. The number of aliphatic carboxylic acids is 1. The molecule has 0 aromatic carbocycles. The average Bonchev–Trinajstić information content (AvgIpc) is 3.61. The minimum Gasteiger partial charge on any atom is -0.481 e. The van der Waals surface area contributed by atoms with E-state index in [4.69, 9.17) is 0 Å². The lowest BCUT2D eigenvalue weighted by molar-refractivity contribution is -0.143. The van der Waals surface area contributed by atoms with Crippen LogP contribution in [0.5, 0.6) is 0 Å². The Labute approximate surface area is 264 Å². The number of nitrogens with zero attached hydrogens (tertiary/aromatic N) is 3. The van der Waals surface area contributed by atoms with Gasteiger partial charge in [-0.05, 0) is 69.1 Å². The van der Waals surface area contributed by atoms with Crippen LogP contribution < -0.4 is 21.4 Å². The topological polar surface area (TPSA) is 184 Å². The number of hydrazone groups is 1. The summed E-state index contributed by atoms with van der Waals surface area (Å²) in [4.78, 5) is 64.1. The molecule has 3 aliphatic carbocycles. The number of Topliss-reactive ketones (excluding diaryl/α,β-unsaturated/α-hetero) is 1. The fourth-order valence-electron chi connectivity index (χ4n) is 7.09. The van der Waals surface area contributed by atoms with Crippen LogP contribution in [-0.2, 0) is 26.2 Å². The molecule has 1 atom stereocenters. The lowest BCUT2D eigenvalue weighted by atomic mass is 9.61. The molecule has 5 N–H and O–H groups in total. The van der Waals surface area contributed by atoms with Crippen LogP contribution in [0.4, 0.5) is 10.6 Å². The van der Waals surface area contributed by atoms with Crippen molar-refractivity contribution in [2.45, 2.75) is 110 Å². The number of aromatic nitrogens is 2. The number of carboxylic acid groups (broad SMARTS) is 1. The summed E-state index contributed by atoms with van der Waals surface area (Å²) in [7, 11) is 1.73. The van der Waals surface area contributed by atoms with Gasteiger partial charge < -0.3 is 21.1 Å². The third kappa shape index (κ3) is 9.13. The molecular weight excluding hydrogens is 578 g/mol. The molecule has 248 valence electrons. The molecule has 3 aliphatic rings. The first-order chi connectivity index (χ1) is 21.4. The summed E-state index contributed by atoms with van der Waals surface area (Å²) in [6.45, 7) is 4.29. The van der Waals surface area contributed by atoms with Crippen molar-refractivity contribution in [1.82, 2.24) is 25.8 Å². The van der Waals surface area contributed by atoms with Crippen LogP contribution in [0.15, 0.2) is 17.4 Å². The quantitative estimate of drug-likeness (QED) is 0.153. The second kappa shape index (κ2) is 15.0. The number of hydrogen-bond donors (Lipinski definition) is 5. The van der Waals surface area contributed by atoms with Gasteiger partial charge in [-0.1, -0.05) is 33.1 Å². The number of carbonyl (C=O) groups excluding carboxylic acids is 4. The van der Waals surface area contributed by atoms with Crippen LogP contribution >= 0.6 is 0 Å². The molecule has 1 aromatic heterocycles. The lowest BCUT2D eigenvalue weighted by Crippen LogP contribution is -2.51. The van der Waals surface area contributed by atoms with Gasteiger partial charge in [-0.15, -0.1) is 0 Å². The van der Waals surface area contributed by atoms with Crippen LogP contribution in [-0.4, -0.2) is 62.8 Å². The molecule has 13 nitrogen and oxygen atoms in total. The monoisotopic (exact) mass is 627 g/mol. The predicted molar refractivity (Wildman–Crippen MR) is 168 cm³/mol. The van der Waals surface area contributed by atoms with E-state index in [-0.39, 0.29) is 47.5 Å². The molecule has 45 heavy (non-hydrogen) atoms. The lowest BCUT2D eigenvalue weighted by Gasteiger charge is -2.42. The molecule has 0 radical (unpaired) electrons. The van der Waals surface area contributed by atoms with Crippen molar-refractivity contribution in [3.8, 4) is 0 Å². The van der Waals surface area contributed by atoms with E-state index in [0.29, 0.717) is 57.3 Å². The van der Waals surface area contributed by atoms with Gasteiger partial charge in [-0.25, -0.2) is 10.2 Å². The molecule has 13 heteroatoms. The van der Waals surface area contributed by atoms with E-state index in [2.05, 4.69) is 38.5 Å². The second-order valence-corrected chi connectivity index (χ2v) is 13.6. The molecule has 3 fully saturated rings. The van der Waals surface area contributed by atoms with E-state index in [0.717, 1.165) is 32.1 Å². The van der Waals surface area contributed by atoms with Crippen molar-refractivity contribution < 1.29 is 29.1 Å². The summed E-state index contributed by atoms with van der Waals surface area (Å²) in [6.07, 6.45) is 11.2. The first-order valence-corrected chi connectivity index (χ1v) is 16.4. The number of ketones is 1. The Hall–Kier alpha value is -3.77. The van der Waals surface area contributed by atoms with Gasteiger partial charge in [-0.2, -0.15) is 10.2 Å². The molecule has 1 heterocycles. The Balaban J connectivity index is 1.49. The van der Waals surface area contributed by atoms with E-state index in [9.17, 15) is 29.1 Å². The normalized spacial score (nSPS) is 22.9. The maximum Gasteiger partial charge on any atom is 0.335 e. The van der Waals surface area contributed by atoms with Crippen LogP contribution in [0.1, 0.15) is 104 Å². The third-order valence-corrected chi connectivity index (χ3v) is 10.1. The van der Waals surface area contributed by atoms with Gasteiger partial charge in [0.05, 0.1) is 12.0 Å². The highest BCUT2D eigenvalue weighted by atomic mass is 16.4. The minimum absolute atomic E-state index is 0.0162. The van der Waals surface area contributed by atoms with Gasteiger partial charge >= 0.3 is 12.0 Å². The molecule has 1 unspecified atom stereocenters. The van der Waals surface area contributed by atoms with E-state index >= 15 is 0 Å². The predicted octanol–water partition coefficient (Wildman–Crippen LogP) is 3.90. The number of anilines is 1. The minimum atomic E-state index is -0.899. The van der Waals surface area contributed by atoms with Crippen molar-refractivity contribution in [2.75, 3.05) is 11.9 Å². The first kappa shape index (κ1) is 34.1. The highest BCUT2D eigenvalue weighted by molar-refractivity contribution is 6.45. The van der Waals surface area contributed by atoms with Gasteiger partial charge in [0.15, 0.2) is 11.6 Å². The third-order valence-electron chi connectivity index (χ3n) is 10.1. The largest absolute Gasteiger partial charge is 0.481 e. The Kier molecular flexibility index (Phi) is 11.4. The number of amides is 4. The number of carbonyl (C=O) groups is 5. The summed E-state index contributed by atoms with van der Waals surface area (Å²) < 4.78 is 1.55. The molecule has 4 rings (SSSR count). The van der Waals surface area contributed by atoms with E-state index in [1.165, 1.54) is 0 Å². The Bertz CT molecular complexity index is 1270. The number of carboxylic acids is 1. The summed E-state index contributed by atoms with van der Waals surface area (Å²) >= 11 is 0. The molecule has 0 aliphatic heterocycles. The van der Waals surface area contributed by atoms with Gasteiger partial charge in [0, 0.05) is 44.1 Å². The van der Waals surface area contributed by atoms with Crippen molar-refractivity contribution in [3.63, 3.8) is 0 Å². The van der Waals surface area contributed by atoms with E-state index in [1.54, 1.807) is 30.9 Å². The molecule has 0 saturated heterocycles. The molecule has 3 saturated carbocycles. The smallest absolute Gasteiger partial charge is 0.335 e. The van der Waals surface area contributed by atoms with E-state index < -0.39 is 29.4 Å². The fourth-order valence-corrected chi connectivity index (χ4v) is 7.09. The summed E-state index contributed by atoms with van der Waals surface area (Å²) in [5.41, 5.74) is 1.60. The number of aryl methyl sites for hydroxylation is 1. The maximum absolute atomic E-state index is 13.9. The highest BCUT2D eigenvalue weighted by Crippen LogP contribution is 2.47. The van der Waals surface area contributed by atoms with E-state index in [1.807, 2.05) is 0 Å².